The van der Waals surface area contributed by atoms with E-state index in [4.69, 9.17) is 29.0 Å². The SMILES string of the molecule is CCOC(=O)c1cc(-c2ccc(N3CCOCC3)cc2)c2c(C(C)C)nn(Cc3ccc(OC)cc3OC)c2n1. The van der Waals surface area contributed by atoms with Gasteiger partial charge < -0.3 is 23.8 Å². The molecule has 2 aromatic heterocycles. The third-order valence-corrected chi connectivity index (χ3v) is 7.13. The van der Waals surface area contributed by atoms with E-state index in [1.165, 1.54) is 0 Å². The van der Waals surface area contributed by atoms with Gasteiger partial charge in [-0.2, -0.15) is 5.10 Å². The Hall–Kier alpha value is -4.11. The highest BCUT2D eigenvalue weighted by atomic mass is 16.5. The second-order valence-electron chi connectivity index (χ2n) is 10.00. The van der Waals surface area contributed by atoms with Crippen LogP contribution in [0.2, 0.25) is 0 Å². The van der Waals surface area contributed by atoms with E-state index in [1.807, 2.05) is 28.9 Å². The molecule has 0 amide bonds. The number of aromatic nitrogens is 3. The van der Waals surface area contributed by atoms with Crippen LogP contribution in [0, 0.1) is 0 Å². The quantitative estimate of drug-likeness (QED) is 0.262. The van der Waals surface area contributed by atoms with E-state index in [2.05, 4.69) is 43.0 Å². The maximum absolute atomic E-state index is 12.9. The number of methoxy groups -OCH3 is 2. The number of carbonyl (C=O) groups is 1. The van der Waals surface area contributed by atoms with Crippen molar-refractivity contribution in [1.29, 1.82) is 0 Å². The summed E-state index contributed by atoms with van der Waals surface area (Å²) in [4.78, 5) is 20.1. The van der Waals surface area contributed by atoms with E-state index in [1.54, 1.807) is 21.1 Å². The molecule has 5 rings (SSSR count). The molecular formula is C31H36N4O5. The molecule has 3 heterocycles. The van der Waals surface area contributed by atoms with E-state index >= 15 is 0 Å². The number of morpholine rings is 1. The number of ether oxygens (including phenoxy) is 4. The minimum Gasteiger partial charge on any atom is -0.497 e. The maximum atomic E-state index is 12.9. The number of pyridine rings is 1. The monoisotopic (exact) mass is 544 g/mol. The highest BCUT2D eigenvalue weighted by Gasteiger charge is 2.24. The maximum Gasteiger partial charge on any atom is 0.357 e. The Morgan fingerprint density at radius 2 is 1.77 bits per heavy atom. The van der Waals surface area contributed by atoms with Crippen LogP contribution in [-0.4, -0.2) is 67.9 Å². The number of hydrogen-bond acceptors (Lipinski definition) is 8. The molecule has 40 heavy (non-hydrogen) atoms. The second-order valence-corrected chi connectivity index (χ2v) is 10.00. The molecule has 9 heteroatoms. The summed E-state index contributed by atoms with van der Waals surface area (Å²) in [5.74, 6) is 1.06. The molecule has 0 aliphatic carbocycles. The van der Waals surface area contributed by atoms with Crippen molar-refractivity contribution in [2.75, 3.05) is 52.0 Å². The van der Waals surface area contributed by atoms with Gasteiger partial charge in [-0.15, -0.1) is 0 Å². The van der Waals surface area contributed by atoms with Gasteiger partial charge in [-0.05, 0) is 54.3 Å². The predicted molar refractivity (Wildman–Crippen MR) is 155 cm³/mol. The molecule has 210 valence electrons. The highest BCUT2D eigenvalue weighted by molar-refractivity contribution is 6.00. The summed E-state index contributed by atoms with van der Waals surface area (Å²) in [5, 5.41) is 5.94. The average Bonchev–Trinajstić information content (AvgIpc) is 3.36. The topological polar surface area (TPSA) is 87.9 Å². The number of rotatable bonds is 9. The molecule has 0 radical (unpaired) electrons. The Balaban J connectivity index is 1.66. The zero-order valence-corrected chi connectivity index (χ0v) is 23.8. The molecule has 0 bridgehead atoms. The number of carbonyl (C=O) groups excluding carboxylic acids is 1. The van der Waals surface area contributed by atoms with Gasteiger partial charge in [0.05, 0.1) is 51.7 Å². The van der Waals surface area contributed by atoms with Crippen molar-refractivity contribution in [1.82, 2.24) is 14.8 Å². The first-order valence-electron chi connectivity index (χ1n) is 13.7. The average molecular weight is 545 g/mol. The fourth-order valence-corrected chi connectivity index (χ4v) is 5.07. The van der Waals surface area contributed by atoms with Crippen molar-refractivity contribution < 1.29 is 23.7 Å². The first-order valence-corrected chi connectivity index (χ1v) is 13.7. The molecule has 1 aliphatic rings. The minimum absolute atomic E-state index is 0.128. The van der Waals surface area contributed by atoms with E-state index in [-0.39, 0.29) is 18.2 Å². The van der Waals surface area contributed by atoms with Crippen molar-refractivity contribution in [3.63, 3.8) is 0 Å². The number of nitrogens with zero attached hydrogens (tertiary/aromatic N) is 4. The van der Waals surface area contributed by atoms with Crippen LogP contribution >= 0.6 is 0 Å². The van der Waals surface area contributed by atoms with Crippen LogP contribution in [0.3, 0.4) is 0 Å². The predicted octanol–water partition coefficient (Wildman–Crippen LogP) is 5.30. The normalized spacial score (nSPS) is 13.6. The van der Waals surface area contributed by atoms with Gasteiger partial charge >= 0.3 is 5.97 Å². The molecule has 0 unspecified atom stereocenters. The summed E-state index contributed by atoms with van der Waals surface area (Å²) in [7, 11) is 3.26. The fourth-order valence-electron chi connectivity index (χ4n) is 5.07. The lowest BCUT2D eigenvalue weighted by molar-refractivity contribution is 0.0520. The van der Waals surface area contributed by atoms with Crippen LogP contribution in [0.1, 0.15) is 48.4 Å². The van der Waals surface area contributed by atoms with Gasteiger partial charge in [0, 0.05) is 30.4 Å². The summed E-state index contributed by atoms with van der Waals surface area (Å²) in [6.45, 7) is 9.88. The van der Waals surface area contributed by atoms with E-state index in [0.29, 0.717) is 23.7 Å². The van der Waals surface area contributed by atoms with Crippen molar-refractivity contribution in [3.05, 3.63) is 65.5 Å². The number of esters is 1. The summed E-state index contributed by atoms with van der Waals surface area (Å²) in [6.07, 6.45) is 0. The van der Waals surface area contributed by atoms with Crippen molar-refractivity contribution in [2.24, 2.45) is 0 Å². The third-order valence-electron chi connectivity index (χ3n) is 7.13. The van der Waals surface area contributed by atoms with Crippen LogP contribution in [0.5, 0.6) is 11.5 Å². The Bertz CT molecular complexity index is 1490. The fraction of sp³-hybridized carbons (Fsp3) is 0.387. The van der Waals surface area contributed by atoms with Crippen LogP contribution in [0.4, 0.5) is 5.69 Å². The van der Waals surface area contributed by atoms with Gasteiger partial charge in [0.15, 0.2) is 11.3 Å². The zero-order valence-electron chi connectivity index (χ0n) is 23.8. The second kappa shape index (κ2) is 12.0. The minimum atomic E-state index is -0.462. The van der Waals surface area contributed by atoms with E-state index < -0.39 is 5.97 Å². The largest absolute Gasteiger partial charge is 0.497 e. The number of hydrogen-bond donors (Lipinski definition) is 0. The van der Waals surface area contributed by atoms with Crippen molar-refractivity contribution in [2.45, 2.75) is 33.2 Å². The first kappa shape index (κ1) is 27.5. The summed E-state index contributed by atoms with van der Waals surface area (Å²) in [5.41, 5.74) is 5.74. The molecule has 9 nitrogen and oxygen atoms in total. The van der Waals surface area contributed by atoms with Crippen LogP contribution in [-0.2, 0) is 16.0 Å². The van der Waals surface area contributed by atoms with Gasteiger partial charge in [0.1, 0.15) is 11.5 Å². The van der Waals surface area contributed by atoms with Gasteiger partial charge in [-0.3, -0.25) is 0 Å². The molecule has 1 fully saturated rings. The summed E-state index contributed by atoms with van der Waals surface area (Å²) in [6, 6.07) is 16.0. The zero-order chi connectivity index (χ0) is 28.2. The molecule has 0 N–H and O–H groups in total. The molecule has 1 aliphatic heterocycles. The van der Waals surface area contributed by atoms with Crippen molar-refractivity contribution in [3.8, 4) is 22.6 Å². The van der Waals surface area contributed by atoms with E-state index in [9.17, 15) is 4.79 Å². The molecule has 0 spiro atoms. The molecular weight excluding hydrogens is 508 g/mol. The Kier molecular flexibility index (Phi) is 8.21. The lowest BCUT2D eigenvalue weighted by atomic mass is 9.97. The number of benzene rings is 2. The standard InChI is InChI=1S/C31H36N4O5/c1-6-40-31(36)26-18-25(21-7-10-23(11-8-21)34-13-15-39-16-14-34)28-29(20(2)3)33-35(30(28)32-26)19-22-9-12-24(37-4)17-27(22)38-5/h7-12,17-18,20H,6,13-16,19H2,1-5H3. The lowest BCUT2D eigenvalue weighted by Crippen LogP contribution is -2.36. The molecule has 1 saturated heterocycles. The van der Waals surface area contributed by atoms with Gasteiger partial charge in [-0.25, -0.2) is 14.5 Å². The molecule has 0 saturated carbocycles. The third kappa shape index (κ3) is 5.47. The van der Waals surface area contributed by atoms with Crippen molar-refractivity contribution >= 4 is 22.7 Å². The molecule has 2 aromatic carbocycles. The smallest absolute Gasteiger partial charge is 0.357 e. The van der Waals surface area contributed by atoms with Gasteiger partial charge in [-0.1, -0.05) is 26.0 Å². The highest BCUT2D eigenvalue weighted by Crippen LogP contribution is 2.36. The van der Waals surface area contributed by atoms with E-state index in [0.717, 1.165) is 59.8 Å². The Morgan fingerprint density at radius 1 is 1.02 bits per heavy atom. The number of fused-ring (bicyclic) bond motifs is 1. The lowest BCUT2D eigenvalue weighted by Gasteiger charge is -2.29. The van der Waals surface area contributed by atoms with Gasteiger partial charge in [0.25, 0.3) is 0 Å². The molecule has 0 atom stereocenters. The first-order chi connectivity index (χ1) is 19.4. The summed E-state index contributed by atoms with van der Waals surface area (Å²) >= 11 is 0. The van der Waals surface area contributed by atoms with Crippen LogP contribution in [0.15, 0.2) is 48.5 Å². The molecule has 4 aromatic rings. The number of anilines is 1. The Labute approximate surface area is 234 Å². The van der Waals surface area contributed by atoms with Gasteiger partial charge in [0.2, 0.25) is 0 Å². The van der Waals surface area contributed by atoms with Crippen LogP contribution in [0.25, 0.3) is 22.2 Å². The Morgan fingerprint density at radius 3 is 2.42 bits per heavy atom. The summed E-state index contributed by atoms with van der Waals surface area (Å²) < 4.78 is 23.7. The van der Waals surface area contributed by atoms with Crippen LogP contribution < -0.4 is 14.4 Å².